The second-order valence-corrected chi connectivity index (χ2v) is 5.30. The third kappa shape index (κ3) is 4.55. The van der Waals surface area contributed by atoms with Gasteiger partial charge < -0.3 is 9.47 Å². The molecule has 98 valence electrons. The number of rotatable bonds is 6. The number of thioether (sulfide) groups is 1. The Morgan fingerprint density at radius 2 is 2.00 bits per heavy atom. The summed E-state index contributed by atoms with van der Waals surface area (Å²) in [4.78, 5) is 12.6. The van der Waals surface area contributed by atoms with Crippen LogP contribution >= 0.6 is 11.8 Å². The van der Waals surface area contributed by atoms with Crippen molar-refractivity contribution >= 4 is 17.7 Å². The third-order valence-corrected chi connectivity index (χ3v) is 3.16. The van der Waals surface area contributed by atoms with E-state index in [1.54, 1.807) is 13.8 Å². The van der Waals surface area contributed by atoms with E-state index in [-0.39, 0.29) is 0 Å². The first-order valence-electron chi connectivity index (χ1n) is 5.73. The van der Waals surface area contributed by atoms with E-state index in [2.05, 4.69) is 6.58 Å². The van der Waals surface area contributed by atoms with Gasteiger partial charge in [0, 0.05) is 24.0 Å². The number of ether oxygens (including phenoxy) is 2. The van der Waals surface area contributed by atoms with E-state index in [0.29, 0.717) is 12.2 Å². The molecule has 4 heteroatoms. The van der Waals surface area contributed by atoms with E-state index in [1.165, 1.54) is 11.8 Å². The fourth-order valence-corrected chi connectivity index (χ4v) is 2.32. The molecule has 0 saturated heterocycles. The lowest BCUT2D eigenvalue weighted by atomic mass is 10.4. The molecule has 0 heterocycles. The Bertz CT molecular complexity index is 416. The van der Waals surface area contributed by atoms with Crippen LogP contribution in [0.2, 0.25) is 0 Å². The molecule has 1 unspecified atom stereocenters. The lowest BCUT2D eigenvalue weighted by Crippen LogP contribution is -2.31. The minimum atomic E-state index is -1.04. The molecule has 0 bridgehead atoms. The second kappa shape index (κ2) is 6.61. The number of carbonyl (C=O) groups is 1. The van der Waals surface area contributed by atoms with Gasteiger partial charge in [-0.05, 0) is 37.7 Å². The van der Waals surface area contributed by atoms with Crippen LogP contribution in [0.25, 0.3) is 0 Å². The number of hydrogen-bond acceptors (Lipinski definition) is 4. The Hall–Kier alpha value is -1.26. The Labute approximate surface area is 112 Å². The number of esters is 1. The monoisotopic (exact) mass is 266 g/mol. The Balaban J connectivity index is 2.80. The van der Waals surface area contributed by atoms with Crippen LogP contribution in [-0.4, -0.2) is 17.7 Å². The zero-order valence-corrected chi connectivity index (χ0v) is 11.8. The predicted octanol–water partition coefficient (Wildman–Crippen LogP) is 3.61. The van der Waals surface area contributed by atoms with Crippen LogP contribution in [0, 0.1) is 0 Å². The molecule has 0 aliphatic rings. The minimum Gasteiger partial charge on any atom is -0.420 e. The van der Waals surface area contributed by atoms with Crippen molar-refractivity contribution < 1.29 is 14.3 Å². The molecular formula is C14H18O3S. The average Bonchev–Trinajstić information content (AvgIpc) is 2.29. The van der Waals surface area contributed by atoms with Crippen LogP contribution in [0.5, 0.6) is 0 Å². The summed E-state index contributed by atoms with van der Waals surface area (Å²) in [6, 6.07) is 9.67. The minimum absolute atomic E-state index is 0.356. The molecule has 0 aliphatic heterocycles. The lowest BCUT2D eigenvalue weighted by Gasteiger charge is -2.28. The first-order valence-corrected chi connectivity index (χ1v) is 6.55. The van der Waals surface area contributed by atoms with Gasteiger partial charge in [-0.25, -0.2) is 4.79 Å². The predicted molar refractivity (Wildman–Crippen MR) is 73.2 cm³/mol. The van der Waals surface area contributed by atoms with Crippen LogP contribution in [0.1, 0.15) is 20.8 Å². The summed E-state index contributed by atoms with van der Waals surface area (Å²) >= 11 is 1.35. The van der Waals surface area contributed by atoms with Gasteiger partial charge in [0.05, 0.1) is 0 Å². The highest BCUT2D eigenvalue weighted by Crippen LogP contribution is 2.35. The number of hydrogen-bond donors (Lipinski definition) is 0. The van der Waals surface area contributed by atoms with Gasteiger partial charge in [-0.1, -0.05) is 24.8 Å². The van der Waals surface area contributed by atoms with Crippen molar-refractivity contribution in [3.63, 3.8) is 0 Å². The smallest absolute Gasteiger partial charge is 0.336 e. The Kier molecular flexibility index (Phi) is 5.44. The standard InChI is InChI=1S/C14H18O3S/c1-5-16-14(4,17-13(15)11(2)3)18-12-9-7-6-8-10-12/h6-10H,2,5H2,1,3-4H3. The summed E-state index contributed by atoms with van der Waals surface area (Å²) in [5, 5.41) is -1.04. The molecule has 1 aromatic rings. The van der Waals surface area contributed by atoms with Gasteiger partial charge in [0.2, 0.25) is 0 Å². The molecule has 1 rings (SSSR count). The SMILES string of the molecule is C=C(C)C(=O)OC(C)(OCC)Sc1ccccc1. The van der Waals surface area contributed by atoms with E-state index in [9.17, 15) is 4.79 Å². The van der Waals surface area contributed by atoms with Gasteiger partial charge >= 0.3 is 5.97 Å². The van der Waals surface area contributed by atoms with Crippen LogP contribution in [-0.2, 0) is 14.3 Å². The van der Waals surface area contributed by atoms with Crippen LogP contribution in [0.15, 0.2) is 47.4 Å². The van der Waals surface area contributed by atoms with Gasteiger partial charge in [-0.3, -0.25) is 0 Å². The summed E-state index contributed by atoms with van der Waals surface area (Å²) < 4.78 is 10.9. The number of benzene rings is 1. The maximum absolute atomic E-state index is 11.6. The molecule has 0 aliphatic carbocycles. The van der Waals surface area contributed by atoms with E-state index < -0.39 is 11.1 Å². The van der Waals surface area contributed by atoms with Crippen molar-refractivity contribution in [3.8, 4) is 0 Å². The van der Waals surface area contributed by atoms with E-state index in [0.717, 1.165) is 4.90 Å². The highest BCUT2D eigenvalue weighted by atomic mass is 32.2. The van der Waals surface area contributed by atoms with Gasteiger partial charge in [-0.15, -0.1) is 0 Å². The molecule has 3 nitrogen and oxygen atoms in total. The molecular weight excluding hydrogens is 248 g/mol. The molecule has 0 aromatic heterocycles. The normalized spacial score (nSPS) is 13.7. The van der Waals surface area contributed by atoms with Gasteiger partial charge in [0.25, 0.3) is 5.12 Å². The van der Waals surface area contributed by atoms with E-state index in [1.807, 2.05) is 37.3 Å². The van der Waals surface area contributed by atoms with E-state index in [4.69, 9.17) is 9.47 Å². The molecule has 0 saturated carbocycles. The molecule has 0 spiro atoms. The molecule has 0 N–H and O–H groups in total. The lowest BCUT2D eigenvalue weighted by molar-refractivity contribution is -0.180. The van der Waals surface area contributed by atoms with Crippen molar-refractivity contribution in [1.82, 2.24) is 0 Å². The van der Waals surface area contributed by atoms with Crippen molar-refractivity contribution in [1.29, 1.82) is 0 Å². The van der Waals surface area contributed by atoms with Gasteiger partial charge in [0.1, 0.15) is 0 Å². The Morgan fingerprint density at radius 3 is 2.50 bits per heavy atom. The molecule has 0 amide bonds. The van der Waals surface area contributed by atoms with Crippen LogP contribution < -0.4 is 0 Å². The fraction of sp³-hybridized carbons (Fsp3) is 0.357. The van der Waals surface area contributed by atoms with Crippen molar-refractivity contribution in [2.24, 2.45) is 0 Å². The molecule has 0 radical (unpaired) electrons. The molecule has 0 fully saturated rings. The summed E-state index contributed by atoms with van der Waals surface area (Å²) in [6.07, 6.45) is 0. The first kappa shape index (κ1) is 14.8. The van der Waals surface area contributed by atoms with Gasteiger partial charge in [-0.2, -0.15) is 0 Å². The van der Waals surface area contributed by atoms with Gasteiger partial charge in [0.15, 0.2) is 0 Å². The molecule has 18 heavy (non-hydrogen) atoms. The summed E-state index contributed by atoms with van der Waals surface area (Å²) in [5.41, 5.74) is 0.356. The quantitative estimate of drug-likeness (QED) is 0.341. The summed E-state index contributed by atoms with van der Waals surface area (Å²) in [6.45, 7) is 9.23. The van der Waals surface area contributed by atoms with Crippen molar-refractivity contribution in [2.45, 2.75) is 30.8 Å². The zero-order chi connectivity index (χ0) is 13.6. The molecule has 1 atom stereocenters. The summed E-state index contributed by atoms with van der Waals surface area (Å²) in [7, 11) is 0. The molecule has 1 aromatic carbocycles. The second-order valence-electron chi connectivity index (χ2n) is 3.88. The maximum Gasteiger partial charge on any atom is 0.336 e. The fourth-order valence-electron chi connectivity index (χ4n) is 1.30. The maximum atomic E-state index is 11.6. The first-order chi connectivity index (χ1) is 8.47. The largest absolute Gasteiger partial charge is 0.420 e. The van der Waals surface area contributed by atoms with Crippen molar-refractivity contribution in [2.75, 3.05) is 6.61 Å². The number of carbonyl (C=O) groups excluding carboxylic acids is 1. The highest BCUT2D eigenvalue weighted by molar-refractivity contribution is 8.00. The highest BCUT2D eigenvalue weighted by Gasteiger charge is 2.31. The summed E-state index contributed by atoms with van der Waals surface area (Å²) in [5.74, 6) is -0.450. The van der Waals surface area contributed by atoms with Crippen molar-refractivity contribution in [3.05, 3.63) is 42.5 Å². The average molecular weight is 266 g/mol. The van der Waals surface area contributed by atoms with Crippen LogP contribution in [0.4, 0.5) is 0 Å². The Morgan fingerprint density at radius 1 is 1.39 bits per heavy atom. The van der Waals surface area contributed by atoms with Crippen LogP contribution in [0.3, 0.4) is 0 Å². The van der Waals surface area contributed by atoms with E-state index >= 15 is 0 Å². The topological polar surface area (TPSA) is 35.5 Å². The third-order valence-electron chi connectivity index (χ3n) is 2.08. The zero-order valence-electron chi connectivity index (χ0n) is 10.9.